The van der Waals surface area contributed by atoms with Crippen molar-refractivity contribution in [3.63, 3.8) is 0 Å². The van der Waals surface area contributed by atoms with Gasteiger partial charge in [0.25, 0.3) is 0 Å². The Morgan fingerprint density at radius 1 is 0.929 bits per heavy atom. The van der Waals surface area contributed by atoms with E-state index in [2.05, 4.69) is 0 Å². The number of ether oxygens (including phenoxy) is 3. The van der Waals surface area contributed by atoms with Crippen LogP contribution in [0.2, 0.25) is 0 Å². The molecule has 150 valence electrons. The molecule has 4 N–H and O–H groups in total. The highest BCUT2D eigenvalue weighted by Gasteiger charge is 2.44. The van der Waals surface area contributed by atoms with E-state index in [0.717, 1.165) is 16.9 Å². The molecular weight excluding hydrogens is 364 g/mol. The van der Waals surface area contributed by atoms with E-state index in [9.17, 15) is 20.4 Å². The van der Waals surface area contributed by atoms with Gasteiger partial charge in [0.1, 0.15) is 35.9 Å². The average molecular weight is 388 g/mol. The molecule has 0 amide bonds. The monoisotopic (exact) mass is 388 g/mol. The van der Waals surface area contributed by atoms with Gasteiger partial charge in [-0.2, -0.15) is 0 Å². The molecule has 1 saturated heterocycles. The minimum Gasteiger partial charge on any atom is -0.497 e. The van der Waals surface area contributed by atoms with Crippen LogP contribution in [0, 0.1) is 0 Å². The maximum Gasteiger partial charge on any atom is 0.229 e. The molecular formula is C21H24O7. The van der Waals surface area contributed by atoms with E-state index >= 15 is 0 Å². The molecule has 1 aliphatic rings. The van der Waals surface area contributed by atoms with E-state index in [-0.39, 0.29) is 0 Å². The first-order valence-corrected chi connectivity index (χ1v) is 8.92. The van der Waals surface area contributed by atoms with Crippen molar-refractivity contribution in [1.29, 1.82) is 0 Å². The molecule has 0 unspecified atom stereocenters. The molecule has 7 heteroatoms. The Morgan fingerprint density at radius 2 is 1.64 bits per heavy atom. The largest absolute Gasteiger partial charge is 0.497 e. The predicted octanol–water partition coefficient (Wildman–Crippen LogP) is 1.04. The van der Waals surface area contributed by atoms with Crippen molar-refractivity contribution in [1.82, 2.24) is 0 Å². The molecule has 5 atom stereocenters. The summed E-state index contributed by atoms with van der Waals surface area (Å²) >= 11 is 0. The van der Waals surface area contributed by atoms with Crippen LogP contribution >= 0.6 is 0 Å². The number of rotatable bonds is 6. The smallest absolute Gasteiger partial charge is 0.229 e. The molecule has 1 fully saturated rings. The van der Waals surface area contributed by atoms with Gasteiger partial charge in [-0.3, -0.25) is 0 Å². The van der Waals surface area contributed by atoms with Gasteiger partial charge in [0.2, 0.25) is 6.29 Å². The zero-order valence-corrected chi connectivity index (χ0v) is 15.4. The maximum absolute atomic E-state index is 10.2. The van der Waals surface area contributed by atoms with E-state index in [4.69, 9.17) is 14.2 Å². The number of para-hydroxylation sites is 1. The van der Waals surface area contributed by atoms with Crippen molar-refractivity contribution < 1.29 is 34.6 Å². The number of hydrogen-bond donors (Lipinski definition) is 4. The van der Waals surface area contributed by atoms with Gasteiger partial charge in [0.15, 0.2) is 0 Å². The van der Waals surface area contributed by atoms with Crippen molar-refractivity contribution in [3.05, 3.63) is 59.7 Å². The highest BCUT2D eigenvalue weighted by molar-refractivity contribution is 5.72. The molecule has 0 bridgehead atoms. The summed E-state index contributed by atoms with van der Waals surface area (Å²) in [6, 6.07) is 14.7. The Balaban J connectivity index is 1.77. The maximum atomic E-state index is 10.2. The van der Waals surface area contributed by atoms with Crippen LogP contribution in [0.4, 0.5) is 0 Å². The van der Waals surface area contributed by atoms with Crippen molar-refractivity contribution in [2.75, 3.05) is 13.7 Å². The van der Waals surface area contributed by atoms with E-state index in [0.29, 0.717) is 5.75 Å². The fourth-order valence-corrected chi connectivity index (χ4v) is 2.92. The number of aliphatic hydroxyl groups is 4. The molecule has 28 heavy (non-hydrogen) atoms. The minimum absolute atomic E-state index is 0.427. The Hall–Kier alpha value is -2.42. The van der Waals surface area contributed by atoms with Gasteiger partial charge >= 0.3 is 0 Å². The van der Waals surface area contributed by atoms with Crippen molar-refractivity contribution in [3.8, 4) is 11.5 Å². The Kier molecular flexibility index (Phi) is 6.66. The second-order valence-electron chi connectivity index (χ2n) is 6.46. The quantitative estimate of drug-likeness (QED) is 0.548. The third kappa shape index (κ3) is 4.52. The third-order valence-electron chi connectivity index (χ3n) is 4.58. The summed E-state index contributed by atoms with van der Waals surface area (Å²) in [5.41, 5.74) is 1.69. The molecule has 7 nitrogen and oxygen atoms in total. The highest BCUT2D eigenvalue weighted by Crippen LogP contribution is 2.27. The molecule has 0 saturated carbocycles. The molecule has 1 aliphatic heterocycles. The average Bonchev–Trinajstić information content (AvgIpc) is 2.73. The first-order valence-electron chi connectivity index (χ1n) is 8.92. The van der Waals surface area contributed by atoms with Crippen molar-refractivity contribution in [2.24, 2.45) is 0 Å². The van der Waals surface area contributed by atoms with E-state index in [1.54, 1.807) is 19.2 Å². The summed E-state index contributed by atoms with van der Waals surface area (Å²) in [5.74, 6) is 1.19. The van der Waals surface area contributed by atoms with Gasteiger partial charge in [0.05, 0.1) is 13.7 Å². The number of methoxy groups -OCH3 is 1. The molecule has 1 heterocycles. The number of benzene rings is 2. The van der Waals surface area contributed by atoms with Crippen molar-refractivity contribution in [2.45, 2.75) is 30.7 Å². The lowest BCUT2D eigenvalue weighted by Crippen LogP contribution is -2.60. The predicted molar refractivity (Wildman–Crippen MR) is 103 cm³/mol. The SMILES string of the molecule is COc1ccc(/C=C/c2ccccc2O[C@@H]2O[C@H](CO)[C@@H](O)[C@H](O)[C@H]2O)cc1. The lowest BCUT2D eigenvalue weighted by molar-refractivity contribution is -0.277. The lowest BCUT2D eigenvalue weighted by Gasteiger charge is -2.39. The van der Waals surface area contributed by atoms with Gasteiger partial charge in [-0.25, -0.2) is 0 Å². The summed E-state index contributed by atoms with van der Waals surface area (Å²) in [5, 5.41) is 39.2. The zero-order valence-electron chi connectivity index (χ0n) is 15.4. The Labute approximate surface area is 163 Å². The van der Waals surface area contributed by atoms with Crippen LogP contribution in [-0.2, 0) is 4.74 Å². The van der Waals surface area contributed by atoms with Gasteiger partial charge in [-0.15, -0.1) is 0 Å². The molecule has 3 rings (SSSR count). The van der Waals surface area contributed by atoms with E-state index in [1.807, 2.05) is 48.6 Å². The van der Waals surface area contributed by atoms with Crippen LogP contribution in [0.15, 0.2) is 48.5 Å². The third-order valence-corrected chi connectivity index (χ3v) is 4.58. The molecule has 2 aromatic carbocycles. The van der Waals surface area contributed by atoms with Crippen LogP contribution in [0.25, 0.3) is 12.2 Å². The van der Waals surface area contributed by atoms with E-state index < -0.39 is 37.3 Å². The van der Waals surface area contributed by atoms with Crippen molar-refractivity contribution >= 4 is 12.2 Å². The summed E-state index contributed by atoms with van der Waals surface area (Å²) in [4.78, 5) is 0. The summed E-state index contributed by atoms with van der Waals surface area (Å²) in [7, 11) is 1.61. The highest BCUT2D eigenvalue weighted by atomic mass is 16.7. The normalized spacial score (nSPS) is 27.7. The second-order valence-corrected chi connectivity index (χ2v) is 6.46. The van der Waals surface area contributed by atoms with Crippen LogP contribution < -0.4 is 9.47 Å². The van der Waals surface area contributed by atoms with Gasteiger partial charge in [0, 0.05) is 5.56 Å². The molecule has 0 spiro atoms. The van der Waals surface area contributed by atoms with Gasteiger partial charge < -0.3 is 34.6 Å². The first kappa shape index (κ1) is 20.3. The van der Waals surface area contributed by atoms with E-state index in [1.165, 1.54) is 0 Å². The summed E-state index contributed by atoms with van der Waals surface area (Å²) < 4.78 is 16.3. The number of aliphatic hydroxyl groups excluding tert-OH is 4. The fourth-order valence-electron chi connectivity index (χ4n) is 2.92. The standard InChI is InChI=1S/C21H24O7/c1-26-15-10-7-13(8-11-15)6-9-14-4-2-3-5-16(14)27-21-20(25)19(24)18(23)17(12-22)28-21/h2-11,17-25H,12H2,1H3/b9-6+/t17-,18-,19+,20-,21-/m1/s1. The van der Waals surface area contributed by atoms with Gasteiger partial charge in [-0.1, -0.05) is 42.5 Å². The Bertz CT molecular complexity index is 788. The molecule has 2 aromatic rings. The van der Waals surface area contributed by atoms with Gasteiger partial charge in [-0.05, 0) is 23.8 Å². The van der Waals surface area contributed by atoms with Crippen LogP contribution in [0.3, 0.4) is 0 Å². The second kappa shape index (κ2) is 9.18. The Morgan fingerprint density at radius 3 is 2.32 bits per heavy atom. The number of hydrogen-bond acceptors (Lipinski definition) is 7. The molecule has 0 aliphatic carbocycles. The lowest BCUT2D eigenvalue weighted by atomic mass is 9.99. The van der Waals surface area contributed by atoms with Crippen LogP contribution in [-0.4, -0.2) is 64.8 Å². The zero-order chi connectivity index (χ0) is 20.1. The fraction of sp³-hybridized carbons (Fsp3) is 0.333. The summed E-state index contributed by atoms with van der Waals surface area (Å²) in [6.45, 7) is -0.510. The first-order chi connectivity index (χ1) is 13.5. The molecule has 0 radical (unpaired) electrons. The topological polar surface area (TPSA) is 109 Å². The van der Waals surface area contributed by atoms with Crippen LogP contribution in [0.5, 0.6) is 11.5 Å². The molecule has 0 aromatic heterocycles. The minimum atomic E-state index is -1.49. The summed E-state index contributed by atoms with van der Waals surface area (Å²) in [6.07, 6.45) is -2.88. The van der Waals surface area contributed by atoms with Crippen LogP contribution in [0.1, 0.15) is 11.1 Å².